The van der Waals surface area contributed by atoms with Gasteiger partial charge in [-0.15, -0.1) is 11.3 Å². The van der Waals surface area contributed by atoms with Crippen molar-refractivity contribution in [1.82, 2.24) is 10.3 Å². The Hall–Kier alpha value is -0.610. The third-order valence-corrected chi connectivity index (χ3v) is 5.25. The molecule has 120 valence electrons. The first-order chi connectivity index (χ1) is 9.80. The van der Waals surface area contributed by atoms with Gasteiger partial charge in [0, 0.05) is 36.5 Å². The largest absolute Gasteiger partial charge is 0.351 e. The summed E-state index contributed by atoms with van der Waals surface area (Å²) >= 11 is 1.88. The molecule has 3 nitrogen and oxygen atoms in total. The number of aromatic nitrogens is 1. The molecule has 0 aromatic carbocycles. The topological polar surface area (TPSA) is 28.2 Å². The van der Waals surface area contributed by atoms with Gasteiger partial charge >= 0.3 is 0 Å². The molecule has 0 aliphatic heterocycles. The van der Waals surface area contributed by atoms with Crippen molar-refractivity contribution in [2.24, 2.45) is 5.92 Å². The summed E-state index contributed by atoms with van der Waals surface area (Å²) in [6.45, 7) is 13.3. The number of anilines is 1. The van der Waals surface area contributed by atoms with Crippen molar-refractivity contribution >= 4 is 16.5 Å². The van der Waals surface area contributed by atoms with E-state index in [-0.39, 0.29) is 5.54 Å². The quantitative estimate of drug-likeness (QED) is 0.809. The maximum Gasteiger partial charge on any atom is 0.185 e. The van der Waals surface area contributed by atoms with Crippen molar-refractivity contribution < 1.29 is 0 Å². The molecule has 4 heteroatoms. The summed E-state index contributed by atoms with van der Waals surface area (Å²) in [5.41, 5.74) is 1.52. The molecule has 0 bridgehead atoms. The van der Waals surface area contributed by atoms with Crippen LogP contribution >= 0.6 is 11.3 Å². The Kier molecular flexibility index (Phi) is 5.31. The summed E-state index contributed by atoms with van der Waals surface area (Å²) < 4.78 is 0. The van der Waals surface area contributed by atoms with Crippen molar-refractivity contribution in [3.8, 4) is 0 Å². The Morgan fingerprint density at radius 1 is 1.38 bits per heavy atom. The average molecular weight is 310 g/mol. The van der Waals surface area contributed by atoms with E-state index in [0.29, 0.717) is 0 Å². The third-order valence-electron chi connectivity index (χ3n) is 4.07. The van der Waals surface area contributed by atoms with E-state index < -0.39 is 0 Å². The predicted octanol–water partition coefficient (Wildman–Crippen LogP) is 4.39. The van der Waals surface area contributed by atoms with Crippen LogP contribution in [-0.4, -0.2) is 24.1 Å². The zero-order valence-electron chi connectivity index (χ0n) is 14.5. The van der Waals surface area contributed by atoms with Crippen LogP contribution in [0.5, 0.6) is 0 Å². The van der Waals surface area contributed by atoms with Gasteiger partial charge in [-0.05, 0) is 39.5 Å². The smallest absolute Gasteiger partial charge is 0.185 e. The lowest BCUT2D eigenvalue weighted by molar-refractivity contribution is 0.425. The van der Waals surface area contributed by atoms with Gasteiger partial charge in [0.2, 0.25) is 0 Å². The van der Waals surface area contributed by atoms with E-state index in [2.05, 4.69) is 51.9 Å². The summed E-state index contributed by atoms with van der Waals surface area (Å²) in [5, 5.41) is 4.81. The Morgan fingerprint density at radius 2 is 2.05 bits per heavy atom. The molecule has 0 spiro atoms. The van der Waals surface area contributed by atoms with Gasteiger partial charge in [0.15, 0.2) is 5.13 Å². The predicted molar refractivity (Wildman–Crippen MR) is 93.4 cm³/mol. The number of nitrogens with one attached hydrogen (secondary N) is 1. The second kappa shape index (κ2) is 6.66. The molecule has 0 saturated heterocycles. The number of hydrogen-bond acceptors (Lipinski definition) is 4. The Morgan fingerprint density at radius 3 is 2.57 bits per heavy atom. The lowest BCUT2D eigenvalue weighted by Crippen LogP contribution is -2.35. The Balaban J connectivity index is 2.09. The highest BCUT2D eigenvalue weighted by atomic mass is 32.1. The monoisotopic (exact) mass is 309 g/mol. The maximum atomic E-state index is 4.96. The first kappa shape index (κ1) is 16.8. The van der Waals surface area contributed by atoms with Crippen LogP contribution in [0.25, 0.3) is 0 Å². The fraction of sp³-hybridized carbons (Fsp3) is 0.824. The Labute approximate surface area is 134 Å². The summed E-state index contributed by atoms with van der Waals surface area (Å²) in [7, 11) is 2.18. The van der Waals surface area contributed by atoms with Crippen molar-refractivity contribution in [2.45, 2.75) is 71.9 Å². The second-order valence-corrected chi connectivity index (χ2v) is 8.64. The van der Waals surface area contributed by atoms with Crippen LogP contribution in [0, 0.1) is 5.92 Å². The SMILES string of the molecule is CCC(C)CN(C)c1nc(C2CC2)c(CNC(C)(C)C)s1. The molecule has 1 aromatic rings. The first-order valence-corrected chi connectivity index (χ1v) is 9.07. The van der Waals surface area contributed by atoms with Crippen molar-refractivity contribution in [2.75, 3.05) is 18.5 Å². The van der Waals surface area contributed by atoms with Gasteiger partial charge < -0.3 is 10.2 Å². The summed E-state index contributed by atoms with van der Waals surface area (Å²) in [4.78, 5) is 8.75. The van der Waals surface area contributed by atoms with Crippen LogP contribution in [0.4, 0.5) is 5.13 Å². The molecule has 1 aliphatic rings. The lowest BCUT2D eigenvalue weighted by Gasteiger charge is -2.20. The van der Waals surface area contributed by atoms with Crippen LogP contribution in [-0.2, 0) is 6.54 Å². The standard InChI is InChI=1S/C17H31N3S/c1-7-12(2)11-20(6)16-19-15(13-8-9-13)14(21-16)10-18-17(3,4)5/h12-13,18H,7-11H2,1-6H3. The van der Waals surface area contributed by atoms with Crippen LogP contribution in [0.2, 0.25) is 0 Å². The van der Waals surface area contributed by atoms with Crippen molar-refractivity contribution in [3.63, 3.8) is 0 Å². The second-order valence-electron chi connectivity index (χ2n) is 7.58. The molecular weight excluding hydrogens is 278 g/mol. The van der Waals surface area contributed by atoms with Crippen LogP contribution in [0.1, 0.15) is 70.4 Å². The van der Waals surface area contributed by atoms with Gasteiger partial charge in [-0.3, -0.25) is 0 Å². The minimum absolute atomic E-state index is 0.160. The fourth-order valence-electron chi connectivity index (χ4n) is 2.34. The highest BCUT2D eigenvalue weighted by Gasteiger charge is 2.30. The van der Waals surface area contributed by atoms with E-state index in [9.17, 15) is 0 Å². The zero-order chi connectivity index (χ0) is 15.6. The first-order valence-electron chi connectivity index (χ1n) is 8.26. The molecule has 0 radical (unpaired) electrons. The molecule has 1 fully saturated rings. The molecular formula is C17H31N3S. The van der Waals surface area contributed by atoms with Gasteiger partial charge in [0.25, 0.3) is 0 Å². The minimum atomic E-state index is 0.160. The van der Waals surface area contributed by atoms with Gasteiger partial charge in [-0.2, -0.15) is 0 Å². The number of thiazole rings is 1. The molecule has 1 unspecified atom stereocenters. The highest BCUT2D eigenvalue weighted by Crippen LogP contribution is 2.44. The van der Waals surface area contributed by atoms with E-state index in [1.165, 1.54) is 35.0 Å². The van der Waals surface area contributed by atoms with Crippen LogP contribution in [0.15, 0.2) is 0 Å². The van der Waals surface area contributed by atoms with Gasteiger partial charge in [0.05, 0.1) is 5.69 Å². The zero-order valence-corrected chi connectivity index (χ0v) is 15.3. The average Bonchev–Trinajstić information content (AvgIpc) is 3.15. The number of nitrogens with zero attached hydrogens (tertiary/aromatic N) is 2. The van der Waals surface area contributed by atoms with Gasteiger partial charge in [-0.1, -0.05) is 20.3 Å². The summed E-state index contributed by atoms with van der Waals surface area (Å²) in [6.07, 6.45) is 3.87. The lowest BCUT2D eigenvalue weighted by atomic mass is 10.1. The molecule has 21 heavy (non-hydrogen) atoms. The van der Waals surface area contributed by atoms with E-state index in [1.807, 2.05) is 11.3 Å². The normalized spacial score (nSPS) is 17.0. The highest BCUT2D eigenvalue weighted by molar-refractivity contribution is 7.15. The molecule has 1 aliphatic carbocycles. The Bertz CT molecular complexity index is 457. The van der Waals surface area contributed by atoms with Gasteiger partial charge in [-0.25, -0.2) is 4.98 Å². The third kappa shape index (κ3) is 4.96. The van der Waals surface area contributed by atoms with E-state index in [4.69, 9.17) is 4.98 Å². The summed E-state index contributed by atoms with van der Waals surface area (Å²) in [5.74, 6) is 1.45. The molecule has 0 amide bonds. The molecule has 1 atom stereocenters. The van der Waals surface area contributed by atoms with E-state index >= 15 is 0 Å². The van der Waals surface area contributed by atoms with Crippen LogP contribution in [0.3, 0.4) is 0 Å². The number of hydrogen-bond donors (Lipinski definition) is 1. The minimum Gasteiger partial charge on any atom is -0.351 e. The van der Waals surface area contributed by atoms with E-state index in [1.54, 1.807) is 0 Å². The van der Waals surface area contributed by atoms with Crippen LogP contribution < -0.4 is 10.2 Å². The maximum absolute atomic E-state index is 4.96. The van der Waals surface area contributed by atoms with Crippen molar-refractivity contribution in [1.29, 1.82) is 0 Å². The molecule has 1 heterocycles. The number of rotatable bonds is 7. The molecule has 1 aromatic heterocycles. The van der Waals surface area contributed by atoms with E-state index in [0.717, 1.165) is 24.9 Å². The molecule has 2 rings (SSSR count). The summed E-state index contributed by atoms with van der Waals surface area (Å²) in [6, 6.07) is 0. The van der Waals surface area contributed by atoms with Crippen molar-refractivity contribution in [3.05, 3.63) is 10.6 Å². The van der Waals surface area contributed by atoms with Gasteiger partial charge in [0.1, 0.15) is 0 Å². The molecule has 1 saturated carbocycles. The fourth-order valence-corrected chi connectivity index (χ4v) is 3.39. The molecule has 1 N–H and O–H groups in total.